The van der Waals surface area contributed by atoms with Gasteiger partial charge in [-0.25, -0.2) is 4.39 Å². The second kappa shape index (κ2) is 11.9. The average molecular weight is 577 g/mol. The molecule has 9 nitrogen and oxygen atoms in total. The molecule has 1 amide bonds. The number of hydrogen-bond acceptors (Lipinski definition) is 8. The Morgan fingerprint density at radius 3 is 2.59 bits per heavy atom. The number of benzene rings is 2. The highest BCUT2D eigenvalue weighted by Crippen LogP contribution is 2.37. The number of amides is 1. The van der Waals surface area contributed by atoms with Gasteiger partial charge in [-0.1, -0.05) is 48.0 Å². The number of hydrogen-bond donors (Lipinski definition) is 0. The van der Waals surface area contributed by atoms with Gasteiger partial charge in [-0.05, 0) is 11.5 Å². The summed E-state index contributed by atoms with van der Waals surface area (Å²) in [4.78, 5) is 32.3. The summed E-state index contributed by atoms with van der Waals surface area (Å²) < 4.78 is 26.9. The molecule has 11 heteroatoms. The standard InChI is InChI=1S/C30H30ClFN6O3/c1-40-30-34-28-22(19-33-27(26(28)32)21-7-2-5-20-6-3-8-23(31)25(20)21)29(35-30)38-13-11-37(12-14-38)24(39)9-4-10-36-15-17-41-18-16-36/h2-9,19H,10-18H2,1H3/b9-4+. The second-order valence-corrected chi connectivity index (χ2v) is 10.4. The van der Waals surface area contributed by atoms with E-state index < -0.39 is 5.82 Å². The molecule has 2 aliphatic heterocycles. The molecule has 2 aliphatic rings. The molecular weight excluding hydrogens is 547 g/mol. The first-order chi connectivity index (χ1) is 20.0. The number of pyridine rings is 1. The SMILES string of the molecule is COc1nc(N2CCN(C(=O)/C=C/CN3CCOCC3)CC2)c2cnc(-c3cccc4cccc(Cl)c34)c(F)c2n1. The molecule has 0 spiro atoms. The largest absolute Gasteiger partial charge is 0.467 e. The predicted molar refractivity (Wildman–Crippen MR) is 157 cm³/mol. The van der Waals surface area contributed by atoms with Crippen LogP contribution in [-0.2, 0) is 9.53 Å². The first kappa shape index (κ1) is 27.3. The van der Waals surface area contributed by atoms with Crippen molar-refractivity contribution in [3.63, 3.8) is 0 Å². The maximum absolute atomic E-state index is 16.2. The van der Waals surface area contributed by atoms with Crippen LogP contribution in [-0.4, -0.2) is 96.8 Å². The number of rotatable bonds is 6. The van der Waals surface area contributed by atoms with Gasteiger partial charge in [0.25, 0.3) is 0 Å². The number of nitrogens with zero attached hydrogens (tertiary/aromatic N) is 6. The normalized spacial score (nSPS) is 16.7. The molecule has 2 saturated heterocycles. The van der Waals surface area contributed by atoms with Gasteiger partial charge in [0.1, 0.15) is 17.0 Å². The van der Waals surface area contributed by atoms with Gasteiger partial charge in [0.15, 0.2) is 5.82 Å². The monoisotopic (exact) mass is 576 g/mol. The Morgan fingerprint density at radius 2 is 1.83 bits per heavy atom. The van der Waals surface area contributed by atoms with Gasteiger partial charge in [-0.3, -0.25) is 14.7 Å². The highest BCUT2D eigenvalue weighted by Gasteiger charge is 2.26. The van der Waals surface area contributed by atoms with E-state index in [1.165, 1.54) is 7.11 Å². The average Bonchev–Trinajstić information content (AvgIpc) is 3.01. The fourth-order valence-electron chi connectivity index (χ4n) is 5.36. The third-order valence-electron chi connectivity index (χ3n) is 7.55. The van der Waals surface area contributed by atoms with Gasteiger partial charge < -0.3 is 19.3 Å². The lowest BCUT2D eigenvalue weighted by Crippen LogP contribution is -2.48. The van der Waals surface area contributed by atoms with Crippen molar-refractivity contribution in [3.05, 3.63) is 65.6 Å². The number of carbonyl (C=O) groups is 1. The van der Waals surface area contributed by atoms with Crippen molar-refractivity contribution in [2.24, 2.45) is 0 Å². The first-order valence-corrected chi connectivity index (χ1v) is 14.0. The molecule has 2 aromatic carbocycles. The molecule has 6 rings (SSSR count). The third kappa shape index (κ3) is 5.55. The van der Waals surface area contributed by atoms with Crippen molar-refractivity contribution in [1.29, 1.82) is 0 Å². The van der Waals surface area contributed by atoms with E-state index in [1.54, 1.807) is 24.4 Å². The van der Waals surface area contributed by atoms with Crippen LogP contribution in [0.4, 0.5) is 10.2 Å². The Labute approximate surface area is 242 Å². The van der Waals surface area contributed by atoms with E-state index in [1.807, 2.05) is 40.1 Å². The van der Waals surface area contributed by atoms with Crippen LogP contribution in [0.25, 0.3) is 32.9 Å². The van der Waals surface area contributed by atoms with Crippen molar-refractivity contribution in [2.45, 2.75) is 0 Å². The van der Waals surface area contributed by atoms with Crippen molar-refractivity contribution in [1.82, 2.24) is 24.8 Å². The molecule has 4 heterocycles. The van der Waals surface area contributed by atoms with Crippen LogP contribution in [0.1, 0.15) is 0 Å². The van der Waals surface area contributed by atoms with E-state index in [9.17, 15) is 4.79 Å². The number of halogens is 2. The number of piperazine rings is 1. The highest BCUT2D eigenvalue weighted by molar-refractivity contribution is 6.36. The lowest BCUT2D eigenvalue weighted by atomic mass is 10.0. The van der Waals surface area contributed by atoms with Crippen molar-refractivity contribution >= 4 is 45.0 Å². The Bertz CT molecular complexity index is 1610. The summed E-state index contributed by atoms with van der Waals surface area (Å²) in [5, 5.41) is 2.61. The van der Waals surface area contributed by atoms with E-state index in [0.29, 0.717) is 48.0 Å². The van der Waals surface area contributed by atoms with Crippen molar-refractivity contribution < 1.29 is 18.7 Å². The number of aromatic nitrogens is 3. The smallest absolute Gasteiger partial charge is 0.318 e. The van der Waals surface area contributed by atoms with Crippen LogP contribution < -0.4 is 9.64 Å². The summed E-state index contributed by atoms with van der Waals surface area (Å²) >= 11 is 6.51. The quantitative estimate of drug-likeness (QED) is 0.316. The third-order valence-corrected chi connectivity index (χ3v) is 7.87. The Hall–Kier alpha value is -3.86. The molecule has 0 N–H and O–H groups in total. The van der Waals surface area contributed by atoms with Crippen LogP contribution in [0.5, 0.6) is 6.01 Å². The summed E-state index contributed by atoms with van der Waals surface area (Å²) in [5.74, 6) is -0.0686. The van der Waals surface area contributed by atoms with Gasteiger partial charge in [-0.2, -0.15) is 9.97 Å². The molecule has 0 bridgehead atoms. The van der Waals surface area contributed by atoms with Gasteiger partial charge in [0.2, 0.25) is 5.91 Å². The zero-order valence-corrected chi connectivity index (χ0v) is 23.5. The number of ether oxygens (including phenoxy) is 2. The van der Waals surface area contributed by atoms with Crippen LogP contribution in [0.3, 0.4) is 0 Å². The van der Waals surface area contributed by atoms with Crippen molar-refractivity contribution in [3.8, 4) is 17.3 Å². The lowest BCUT2D eigenvalue weighted by Gasteiger charge is -2.35. The zero-order valence-electron chi connectivity index (χ0n) is 22.7. The highest BCUT2D eigenvalue weighted by atomic mass is 35.5. The minimum absolute atomic E-state index is 0.0193. The van der Waals surface area contributed by atoms with E-state index in [-0.39, 0.29) is 23.1 Å². The summed E-state index contributed by atoms with van der Waals surface area (Å²) in [6, 6.07) is 11.2. The molecule has 212 valence electrons. The Kier molecular flexibility index (Phi) is 7.95. The fourth-order valence-corrected chi connectivity index (χ4v) is 5.65. The molecule has 4 aromatic rings. The molecule has 0 radical (unpaired) electrons. The van der Waals surface area contributed by atoms with Crippen LogP contribution >= 0.6 is 11.6 Å². The summed E-state index contributed by atoms with van der Waals surface area (Å²) in [7, 11) is 1.45. The number of methoxy groups -OCH3 is 1. The maximum Gasteiger partial charge on any atom is 0.318 e. The predicted octanol–water partition coefficient (Wildman–Crippen LogP) is 4.18. The summed E-state index contributed by atoms with van der Waals surface area (Å²) in [6.45, 7) is 6.01. The number of carbonyl (C=O) groups excluding carboxylic acids is 1. The van der Waals surface area contributed by atoms with Crippen LogP contribution in [0.15, 0.2) is 54.7 Å². The molecule has 0 atom stereocenters. The van der Waals surface area contributed by atoms with E-state index >= 15 is 4.39 Å². The molecule has 0 saturated carbocycles. The van der Waals surface area contributed by atoms with Gasteiger partial charge >= 0.3 is 6.01 Å². The minimum atomic E-state index is -0.573. The summed E-state index contributed by atoms with van der Waals surface area (Å²) in [6.07, 6.45) is 5.16. The number of morpholine rings is 1. The number of anilines is 1. The molecule has 2 aromatic heterocycles. The van der Waals surface area contributed by atoms with Crippen molar-refractivity contribution in [2.75, 3.05) is 71.0 Å². The topological polar surface area (TPSA) is 83.9 Å². The van der Waals surface area contributed by atoms with Crippen LogP contribution in [0.2, 0.25) is 5.02 Å². The molecule has 0 aliphatic carbocycles. The van der Waals surface area contributed by atoms with E-state index in [4.69, 9.17) is 21.1 Å². The van der Waals surface area contributed by atoms with Crippen LogP contribution in [0, 0.1) is 5.82 Å². The molecular formula is C30H30ClFN6O3. The summed E-state index contributed by atoms with van der Waals surface area (Å²) in [5.41, 5.74) is 0.855. The molecule has 41 heavy (non-hydrogen) atoms. The maximum atomic E-state index is 16.2. The van der Waals surface area contributed by atoms with Gasteiger partial charge in [-0.15, -0.1) is 0 Å². The Balaban J connectivity index is 1.25. The second-order valence-electron chi connectivity index (χ2n) is 9.99. The number of fused-ring (bicyclic) bond motifs is 2. The van der Waals surface area contributed by atoms with Gasteiger partial charge in [0, 0.05) is 74.1 Å². The van der Waals surface area contributed by atoms with E-state index in [0.717, 1.165) is 43.6 Å². The Morgan fingerprint density at radius 1 is 1.07 bits per heavy atom. The minimum Gasteiger partial charge on any atom is -0.467 e. The van der Waals surface area contributed by atoms with E-state index in [2.05, 4.69) is 19.9 Å². The molecule has 0 unspecified atom stereocenters. The van der Waals surface area contributed by atoms with Gasteiger partial charge in [0.05, 0.1) is 25.7 Å². The first-order valence-electron chi connectivity index (χ1n) is 13.6. The zero-order chi connectivity index (χ0) is 28.3. The molecule has 2 fully saturated rings. The lowest BCUT2D eigenvalue weighted by molar-refractivity contribution is -0.126. The fraction of sp³-hybridized carbons (Fsp3) is 0.333.